The molecule has 0 amide bonds. The summed E-state index contributed by atoms with van der Waals surface area (Å²) in [5.74, 6) is 2.16. The maximum Gasteiger partial charge on any atom is 0.155 e. The summed E-state index contributed by atoms with van der Waals surface area (Å²) in [6, 6.07) is 0. The number of aromatic nitrogens is 2. The smallest absolute Gasteiger partial charge is 0.155 e. The van der Waals surface area contributed by atoms with Gasteiger partial charge in [0.25, 0.3) is 0 Å². The number of nitrogens with zero attached hydrogens (tertiary/aromatic N) is 3. The monoisotopic (exact) mass is 220 g/mol. The Hall–Kier alpha value is -1.49. The number of hydrogen-bond donors (Lipinski definition) is 1. The van der Waals surface area contributed by atoms with Gasteiger partial charge in [0.1, 0.15) is 18.1 Å². The van der Waals surface area contributed by atoms with Crippen LogP contribution in [0.3, 0.4) is 0 Å². The summed E-state index contributed by atoms with van der Waals surface area (Å²) in [4.78, 5) is 12.7. The summed E-state index contributed by atoms with van der Waals surface area (Å²) in [5.41, 5.74) is 0.884. The van der Waals surface area contributed by atoms with Crippen molar-refractivity contribution in [1.82, 2.24) is 9.97 Å². The lowest BCUT2D eigenvalue weighted by Crippen LogP contribution is -2.25. The number of rotatable bonds is 4. The first-order valence-corrected chi connectivity index (χ1v) is 5.43. The van der Waals surface area contributed by atoms with Crippen LogP contribution < -0.4 is 5.32 Å². The van der Waals surface area contributed by atoms with E-state index in [1.54, 1.807) is 12.4 Å². The Morgan fingerprint density at radius 1 is 1.38 bits per heavy atom. The molecule has 0 aliphatic carbocycles. The Morgan fingerprint density at radius 2 is 2.19 bits per heavy atom. The zero-order chi connectivity index (χ0) is 11.4. The third-order valence-corrected chi connectivity index (χ3v) is 2.15. The van der Waals surface area contributed by atoms with Gasteiger partial charge in [0, 0.05) is 19.0 Å². The third-order valence-electron chi connectivity index (χ3n) is 2.15. The number of aliphatic imine (C=N–C) groups is 1. The fourth-order valence-electron chi connectivity index (χ4n) is 1.41. The molecule has 1 aliphatic rings. The SMILES string of the molecule is CC(C)COCC1=NCc2nccnc2N1. The molecule has 1 aromatic rings. The summed E-state index contributed by atoms with van der Waals surface area (Å²) in [5, 5.41) is 3.12. The predicted molar refractivity (Wildman–Crippen MR) is 62.5 cm³/mol. The molecule has 86 valence electrons. The fourth-order valence-corrected chi connectivity index (χ4v) is 1.41. The molecule has 0 atom stereocenters. The van der Waals surface area contributed by atoms with Crippen LogP contribution in [-0.4, -0.2) is 29.0 Å². The summed E-state index contributed by atoms with van der Waals surface area (Å²) in [6.07, 6.45) is 3.35. The molecule has 0 unspecified atom stereocenters. The average Bonchev–Trinajstić information content (AvgIpc) is 2.28. The van der Waals surface area contributed by atoms with Crippen molar-refractivity contribution < 1.29 is 4.74 Å². The zero-order valence-corrected chi connectivity index (χ0v) is 9.60. The van der Waals surface area contributed by atoms with E-state index in [-0.39, 0.29) is 0 Å². The minimum Gasteiger partial charge on any atom is -0.373 e. The second kappa shape index (κ2) is 5.03. The molecule has 0 saturated carbocycles. The van der Waals surface area contributed by atoms with Crippen LogP contribution in [0.1, 0.15) is 19.5 Å². The van der Waals surface area contributed by atoms with Crippen molar-refractivity contribution in [2.24, 2.45) is 10.9 Å². The lowest BCUT2D eigenvalue weighted by molar-refractivity contribution is 0.143. The standard InChI is InChI=1S/C11H16N4O/c1-8(2)6-16-7-10-14-5-9-11(15-10)13-4-3-12-9/h3-4,8H,5-7H2,1-2H3,(H,13,14,15). The van der Waals surface area contributed by atoms with Gasteiger partial charge >= 0.3 is 0 Å². The van der Waals surface area contributed by atoms with Crippen LogP contribution in [0.15, 0.2) is 17.4 Å². The van der Waals surface area contributed by atoms with Gasteiger partial charge in [-0.1, -0.05) is 13.8 Å². The molecule has 0 aromatic carbocycles. The van der Waals surface area contributed by atoms with E-state index in [9.17, 15) is 0 Å². The number of ether oxygens (including phenoxy) is 1. The molecule has 1 N–H and O–H groups in total. The summed E-state index contributed by atoms with van der Waals surface area (Å²) in [7, 11) is 0. The molecule has 1 aliphatic heterocycles. The Balaban J connectivity index is 1.89. The number of fused-ring (bicyclic) bond motifs is 1. The topological polar surface area (TPSA) is 59.4 Å². The molecule has 0 bridgehead atoms. The van der Waals surface area contributed by atoms with Crippen LogP contribution in [-0.2, 0) is 11.3 Å². The zero-order valence-electron chi connectivity index (χ0n) is 9.60. The molecule has 0 saturated heterocycles. The fraction of sp³-hybridized carbons (Fsp3) is 0.545. The van der Waals surface area contributed by atoms with E-state index >= 15 is 0 Å². The van der Waals surface area contributed by atoms with Crippen LogP contribution in [0.5, 0.6) is 0 Å². The number of amidine groups is 1. The molecule has 0 fully saturated rings. The number of hydrogen-bond acceptors (Lipinski definition) is 5. The van der Waals surface area contributed by atoms with Gasteiger partial charge in [-0.2, -0.15) is 0 Å². The van der Waals surface area contributed by atoms with Gasteiger partial charge in [-0.15, -0.1) is 0 Å². The van der Waals surface area contributed by atoms with Crippen molar-refractivity contribution in [3.8, 4) is 0 Å². The Morgan fingerprint density at radius 3 is 3.00 bits per heavy atom. The average molecular weight is 220 g/mol. The van der Waals surface area contributed by atoms with E-state index in [1.165, 1.54) is 0 Å². The highest BCUT2D eigenvalue weighted by molar-refractivity contribution is 5.97. The molecule has 16 heavy (non-hydrogen) atoms. The molecular formula is C11H16N4O. The van der Waals surface area contributed by atoms with Crippen LogP contribution in [0.4, 0.5) is 5.82 Å². The van der Waals surface area contributed by atoms with E-state index in [1.807, 2.05) is 0 Å². The van der Waals surface area contributed by atoms with Crippen molar-refractivity contribution in [3.63, 3.8) is 0 Å². The van der Waals surface area contributed by atoms with Crippen molar-refractivity contribution in [2.45, 2.75) is 20.4 Å². The van der Waals surface area contributed by atoms with E-state index in [2.05, 4.69) is 34.1 Å². The van der Waals surface area contributed by atoms with Crippen molar-refractivity contribution in [2.75, 3.05) is 18.5 Å². The Labute approximate surface area is 95.0 Å². The van der Waals surface area contributed by atoms with E-state index in [4.69, 9.17) is 4.74 Å². The number of nitrogens with one attached hydrogen (secondary N) is 1. The lowest BCUT2D eigenvalue weighted by Gasteiger charge is -2.16. The van der Waals surface area contributed by atoms with Crippen molar-refractivity contribution in [3.05, 3.63) is 18.1 Å². The van der Waals surface area contributed by atoms with Crippen LogP contribution in [0.25, 0.3) is 0 Å². The van der Waals surface area contributed by atoms with Crippen LogP contribution in [0.2, 0.25) is 0 Å². The second-order valence-electron chi connectivity index (χ2n) is 4.15. The largest absolute Gasteiger partial charge is 0.373 e. The van der Waals surface area contributed by atoms with Gasteiger partial charge in [-0.3, -0.25) is 9.98 Å². The first-order chi connectivity index (χ1) is 7.75. The summed E-state index contributed by atoms with van der Waals surface area (Å²) < 4.78 is 5.51. The molecule has 1 aromatic heterocycles. The minimum atomic E-state index is 0.508. The highest BCUT2D eigenvalue weighted by Gasteiger charge is 2.13. The third kappa shape index (κ3) is 2.76. The first-order valence-electron chi connectivity index (χ1n) is 5.43. The maximum absolute atomic E-state index is 5.51. The molecular weight excluding hydrogens is 204 g/mol. The second-order valence-corrected chi connectivity index (χ2v) is 4.15. The van der Waals surface area contributed by atoms with E-state index in [0.717, 1.165) is 24.0 Å². The van der Waals surface area contributed by atoms with Gasteiger partial charge < -0.3 is 10.1 Å². The highest BCUT2D eigenvalue weighted by Crippen LogP contribution is 2.14. The molecule has 0 radical (unpaired) electrons. The van der Waals surface area contributed by atoms with E-state index in [0.29, 0.717) is 19.1 Å². The Kier molecular flexibility index (Phi) is 3.46. The highest BCUT2D eigenvalue weighted by atomic mass is 16.5. The quantitative estimate of drug-likeness (QED) is 0.834. The van der Waals surface area contributed by atoms with Crippen LogP contribution >= 0.6 is 0 Å². The number of anilines is 1. The van der Waals surface area contributed by atoms with Gasteiger partial charge in [-0.05, 0) is 5.92 Å². The lowest BCUT2D eigenvalue weighted by atomic mass is 10.2. The molecule has 0 spiro atoms. The Bertz CT molecular complexity index is 389. The van der Waals surface area contributed by atoms with E-state index < -0.39 is 0 Å². The van der Waals surface area contributed by atoms with Gasteiger partial charge in [0.05, 0.1) is 6.54 Å². The summed E-state index contributed by atoms with van der Waals surface area (Å²) in [6.45, 7) is 6.08. The predicted octanol–water partition coefficient (Wildman–Crippen LogP) is 1.47. The van der Waals surface area contributed by atoms with Gasteiger partial charge in [0.15, 0.2) is 5.82 Å². The van der Waals surface area contributed by atoms with Gasteiger partial charge in [0.2, 0.25) is 0 Å². The van der Waals surface area contributed by atoms with Crippen molar-refractivity contribution in [1.29, 1.82) is 0 Å². The molecule has 5 nitrogen and oxygen atoms in total. The maximum atomic E-state index is 5.51. The molecule has 2 heterocycles. The normalized spacial score (nSPS) is 14.3. The summed E-state index contributed by atoms with van der Waals surface area (Å²) >= 11 is 0. The first kappa shape index (κ1) is 11.0. The minimum absolute atomic E-state index is 0.508. The van der Waals surface area contributed by atoms with Crippen molar-refractivity contribution >= 4 is 11.7 Å². The van der Waals surface area contributed by atoms with Crippen LogP contribution in [0, 0.1) is 5.92 Å². The molecule has 5 heteroatoms. The van der Waals surface area contributed by atoms with Gasteiger partial charge in [-0.25, -0.2) is 4.98 Å². The molecule has 2 rings (SSSR count).